The molecule has 0 radical (unpaired) electrons. The molecule has 64 valence electrons. The largest absolute Gasteiger partial charge is 0.411 e. The van der Waals surface area contributed by atoms with E-state index in [0.717, 1.165) is 19.3 Å². The van der Waals surface area contributed by atoms with Gasteiger partial charge in [-0.1, -0.05) is 19.8 Å². The lowest BCUT2D eigenvalue weighted by atomic mass is 10.00. The fraction of sp³-hybridized carbons (Fsp3) is 0.750. The van der Waals surface area contributed by atoms with Crippen molar-refractivity contribution in [3.63, 3.8) is 0 Å². The summed E-state index contributed by atoms with van der Waals surface area (Å²) in [4.78, 5) is 10.8. The Kier molecular flexibility index (Phi) is 5.43. The van der Waals surface area contributed by atoms with Gasteiger partial charge in [0.2, 0.25) is 0 Å². The highest BCUT2D eigenvalue weighted by molar-refractivity contribution is 5.92. The van der Waals surface area contributed by atoms with Crippen LogP contribution < -0.4 is 0 Å². The first kappa shape index (κ1) is 10.1. The Morgan fingerprint density at radius 2 is 2.36 bits per heavy atom. The minimum absolute atomic E-state index is 0.0660. The van der Waals surface area contributed by atoms with Crippen molar-refractivity contribution in [3.8, 4) is 0 Å². The number of Topliss-reactive ketones (excluding diaryl/α,β-unsaturated/α-hetero) is 1. The number of carbonyl (C=O) groups is 1. The van der Waals surface area contributed by atoms with Crippen LogP contribution in [-0.2, 0) is 4.79 Å². The zero-order chi connectivity index (χ0) is 8.69. The number of unbranched alkanes of at least 4 members (excludes halogenated alkanes) is 1. The van der Waals surface area contributed by atoms with Crippen LogP contribution in [-0.4, -0.2) is 17.2 Å². The number of nitrogens with zero attached hydrogens (tertiary/aromatic N) is 1. The maximum Gasteiger partial charge on any atom is 0.138 e. The summed E-state index contributed by atoms with van der Waals surface area (Å²) < 4.78 is 0. The van der Waals surface area contributed by atoms with Gasteiger partial charge in [-0.05, 0) is 13.3 Å². The molecule has 0 heterocycles. The first-order chi connectivity index (χ1) is 5.22. The Balaban J connectivity index is 3.79. The monoisotopic (exact) mass is 157 g/mol. The van der Waals surface area contributed by atoms with E-state index >= 15 is 0 Å². The van der Waals surface area contributed by atoms with Crippen molar-refractivity contribution in [2.75, 3.05) is 0 Å². The SMILES string of the molecule is CCCCC(C=NO)C(C)=O. The molecule has 0 saturated carbocycles. The third kappa shape index (κ3) is 4.53. The molecule has 0 spiro atoms. The van der Waals surface area contributed by atoms with Crippen molar-refractivity contribution < 1.29 is 10.0 Å². The summed E-state index contributed by atoms with van der Waals surface area (Å²) in [5.74, 6) is -0.129. The molecule has 1 atom stereocenters. The summed E-state index contributed by atoms with van der Waals surface area (Å²) in [6, 6.07) is 0. The number of hydrogen-bond acceptors (Lipinski definition) is 3. The second-order valence-electron chi connectivity index (χ2n) is 2.62. The standard InChI is InChI=1S/C8H15NO2/c1-3-4-5-8(6-9-11)7(2)10/h6,8,11H,3-5H2,1-2H3. The molecular formula is C8H15NO2. The van der Waals surface area contributed by atoms with Gasteiger partial charge >= 0.3 is 0 Å². The van der Waals surface area contributed by atoms with E-state index in [9.17, 15) is 4.79 Å². The Morgan fingerprint density at radius 3 is 2.73 bits per heavy atom. The van der Waals surface area contributed by atoms with Crippen molar-refractivity contribution in [3.05, 3.63) is 0 Å². The van der Waals surface area contributed by atoms with E-state index in [1.54, 1.807) is 0 Å². The molecule has 0 aromatic heterocycles. The molecule has 3 nitrogen and oxygen atoms in total. The number of hydrogen-bond donors (Lipinski definition) is 1. The molecule has 0 amide bonds. The van der Waals surface area contributed by atoms with E-state index < -0.39 is 0 Å². The average molecular weight is 157 g/mol. The van der Waals surface area contributed by atoms with Gasteiger partial charge in [0.25, 0.3) is 0 Å². The third-order valence-electron chi connectivity index (χ3n) is 1.64. The van der Waals surface area contributed by atoms with Crippen LogP contribution in [0.2, 0.25) is 0 Å². The van der Waals surface area contributed by atoms with E-state index in [0.29, 0.717) is 0 Å². The lowest BCUT2D eigenvalue weighted by Gasteiger charge is -2.04. The minimum atomic E-state index is -0.194. The van der Waals surface area contributed by atoms with Crippen LogP contribution in [0.4, 0.5) is 0 Å². The van der Waals surface area contributed by atoms with E-state index in [2.05, 4.69) is 12.1 Å². The Morgan fingerprint density at radius 1 is 1.73 bits per heavy atom. The molecule has 1 N–H and O–H groups in total. The van der Waals surface area contributed by atoms with Crippen molar-refractivity contribution in [2.24, 2.45) is 11.1 Å². The molecule has 0 saturated heterocycles. The van der Waals surface area contributed by atoms with Gasteiger partial charge in [-0.2, -0.15) is 0 Å². The predicted molar refractivity (Wildman–Crippen MR) is 44.0 cm³/mol. The summed E-state index contributed by atoms with van der Waals surface area (Å²) in [7, 11) is 0. The zero-order valence-corrected chi connectivity index (χ0v) is 7.08. The second kappa shape index (κ2) is 5.89. The average Bonchev–Trinajstić information content (AvgIpc) is 1.97. The topological polar surface area (TPSA) is 49.7 Å². The quantitative estimate of drug-likeness (QED) is 0.376. The zero-order valence-electron chi connectivity index (χ0n) is 7.08. The Bertz CT molecular complexity index is 143. The summed E-state index contributed by atoms with van der Waals surface area (Å²) in [6.07, 6.45) is 4.15. The third-order valence-corrected chi connectivity index (χ3v) is 1.64. The fourth-order valence-corrected chi connectivity index (χ4v) is 0.887. The Labute approximate surface area is 67.1 Å². The summed E-state index contributed by atoms with van der Waals surface area (Å²) in [5, 5.41) is 11.1. The number of ketones is 1. The van der Waals surface area contributed by atoms with Crippen LogP contribution in [0.25, 0.3) is 0 Å². The van der Waals surface area contributed by atoms with Crippen molar-refractivity contribution in [1.82, 2.24) is 0 Å². The van der Waals surface area contributed by atoms with Crippen molar-refractivity contribution in [2.45, 2.75) is 33.1 Å². The van der Waals surface area contributed by atoms with Crippen LogP contribution in [0.3, 0.4) is 0 Å². The van der Waals surface area contributed by atoms with Gasteiger partial charge in [-0.3, -0.25) is 4.79 Å². The molecule has 1 unspecified atom stereocenters. The number of carbonyl (C=O) groups excluding carboxylic acids is 1. The van der Waals surface area contributed by atoms with Crippen LogP contribution in [0, 0.1) is 5.92 Å². The molecule has 0 aliphatic rings. The van der Waals surface area contributed by atoms with E-state index in [1.165, 1.54) is 13.1 Å². The highest BCUT2D eigenvalue weighted by atomic mass is 16.4. The molecular weight excluding hydrogens is 142 g/mol. The van der Waals surface area contributed by atoms with Gasteiger partial charge in [0.15, 0.2) is 0 Å². The van der Waals surface area contributed by atoms with Gasteiger partial charge < -0.3 is 5.21 Å². The maximum absolute atomic E-state index is 10.8. The number of oxime groups is 1. The van der Waals surface area contributed by atoms with Crippen LogP contribution >= 0.6 is 0 Å². The van der Waals surface area contributed by atoms with Crippen LogP contribution in [0.15, 0.2) is 5.16 Å². The molecule has 0 aliphatic carbocycles. The summed E-state index contributed by atoms with van der Waals surface area (Å²) in [6.45, 7) is 3.58. The van der Waals surface area contributed by atoms with Gasteiger partial charge in [0.1, 0.15) is 5.78 Å². The normalized spacial score (nSPS) is 13.6. The smallest absolute Gasteiger partial charge is 0.138 e. The van der Waals surface area contributed by atoms with E-state index in [1.807, 2.05) is 0 Å². The second-order valence-corrected chi connectivity index (χ2v) is 2.62. The highest BCUT2D eigenvalue weighted by Crippen LogP contribution is 2.06. The van der Waals surface area contributed by atoms with E-state index in [-0.39, 0.29) is 11.7 Å². The lowest BCUT2D eigenvalue weighted by molar-refractivity contribution is -0.118. The Hall–Kier alpha value is -0.860. The molecule has 3 heteroatoms. The minimum Gasteiger partial charge on any atom is -0.411 e. The molecule has 11 heavy (non-hydrogen) atoms. The van der Waals surface area contributed by atoms with Gasteiger partial charge in [-0.15, -0.1) is 5.16 Å². The van der Waals surface area contributed by atoms with Crippen molar-refractivity contribution in [1.29, 1.82) is 0 Å². The fourth-order valence-electron chi connectivity index (χ4n) is 0.887. The maximum atomic E-state index is 10.8. The lowest BCUT2D eigenvalue weighted by Crippen LogP contribution is -2.12. The van der Waals surface area contributed by atoms with Gasteiger partial charge in [-0.25, -0.2) is 0 Å². The number of rotatable bonds is 5. The first-order valence-corrected chi connectivity index (χ1v) is 3.90. The molecule has 0 bridgehead atoms. The van der Waals surface area contributed by atoms with Gasteiger partial charge in [0.05, 0.1) is 12.1 Å². The molecule has 0 aliphatic heterocycles. The van der Waals surface area contributed by atoms with E-state index in [4.69, 9.17) is 5.21 Å². The summed E-state index contributed by atoms with van der Waals surface area (Å²) in [5.41, 5.74) is 0. The van der Waals surface area contributed by atoms with Gasteiger partial charge in [0, 0.05) is 0 Å². The predicted octanol–water partition coefficient (Wildman–Crippen LogP) is 1.84. The molecule has 0 fully saturated rings. The molecule has 0 aromatic rings. The van der Waals surface area contributed by atoms with Crippen molar-refractivity contribution >= 4 is 12.0 Å². The molecule has 0 aromatic carbocycles. The highest BCUT2D eigenvalue weighted by Gasteiger charge is 2.09. The summed E-state index contributed by atoms with van der Waals surface area (Å²) >= 11 is 0. The van der Waals surface area contributed by atoms with Crippen LogP contribution in [0.1, 0.15) is 33.1 Å². The van der Waals surface area contributed by atoms with Crippen LogP contribution in [0.5, 0.6) is 0 Å². The molecule has 0 rings (SSSR count). The first-order valence-electron chi connectivity index (χ1n) is 3.90.